The van der Waals surface area contributed by atoms with Crippen molar-refractivity contribution < 1.29 is 17.9 Å². The van der Waals surface area contributed by atoms with Gasteiger partial charge in [0.1, 0.15) is 5.01 Å². The molecule has 0 saturated heterocycles. The van der Waals surface area contributed by atoms with E-state index in [4.69, 9.17) is 10.5 Å². The number of sulfonamides is 1. The molecule has 4 N–H and O–H groups in total. The van der Waals surface area contributed by atoms with Crippen LogP contribution in [0.5, 0.6) is 0 Å². The maximum Gasteiger partial charge on any atom is 0.411 e. The van der Waals surface area contributed by atoms with Crippen molar-refractivity contribution in [1.29, 1.82) is 0 Å². The first kappa shape index (κ1) is 24.7. The van der Waals surface area contributed by atoms with E-state index < -0.39 is 21.7 Å². The van der Waals surface area contributed by atoms with E-state index in [0.29, 0.717) is 21.9 Å². The minimum atomic E-state index is -3.93. The fraction of sp³-hybridized carbons (Fsp3) is 0.304. The number of nitrogen functional groups attached to an aromatic ring is 1. The molecule has 2 aromatic carbocycles. The Morgan fingerprint density at radius 2 is 1.79 bits per heavy atom. The fourth-order valence-corrected chi connectivity index (χ4v) is 5.68. The summed E-state index contributed by atoms with van der Waals surface area (Å²) in [6.07, 6.45) is 0.729. The molecule has 0 aliphatic rings. The van der Waals surface area contributed by atoms with Gasteiger partial charge in [0.2, 0.25) is 10.0 Å². The third-order valence-electron chi connectivity index (χ3n) is 4.23. The van der Waals surface area contributed by atoms with Crippen LogP contribution in [0.4, 0.5) is 16.2 Å². The summed E-state index contributed by atoms with van der Waals surface area (Å²) in [7, 11) is -3.93. The lowest BCUT2D eigenvalue weighted by atomic mass is 10.1. The van der Waals surface area contributed by atoms with E-state index in [9.17, 15) is 13.2 Å². The Kier molecular flexibility index (Phi) is 7.11. The molecule has 176 valence electrons. The molecular formula is C23H28N4O4S2. The number of nitrogens with zero attached hydrogens (tertiary/aromatic N) is 1. The molecule has 8 nitrogen and oxygen atoms in total. The normalized spacial score (nSPS) is 12.1. The maximum atomic E-state index is 13.3. The number of aromatic nitrogens is 1. The van der Waals surface area contributed by atoms with Gasteiger partial charge in [0.05, 0.1) is 15.9 Å². The highest BCUT2D eigenvalue weighted by Gasteiger charge is 2.27. The number of rotatable bonds is 6. The second-order valence-corrected chi connectivity index (χ2v) is 11.5. The second kappa shape index (κ2) is 9.50. The van der Waals surface area contributed by atoms with Crippen molar-refractivity contribution in [3.05, 3.63) is 48.7 Å². The van der Waals surface area contributed by atoms with Crippen molar-refractivity contribution in [2.75, 3.05) is 11.1 Å². The summed E-state index contributed by atoms with van der Waals surface area (Å²) in [6.45, 7) is 8.73. The summed E-state index contributed by atoms with van der Waals surface area (Å²) in [5.41, 5.74) is 7.39. The lowest BCUT2D eigenvalue weighted by Gasteiger charge is -2.22. The molecule has 0 fully saturated rings. The predicted octanol–water partition coefficient (Wildman–Crippen LogP) is 5.09. The Morgan fingerprint density at radius 1 is 1.12 bits per heavy atom. The van der Waals surface area contributed by atoms with Crippen molar-refractivity contribution in [2.45, 2.75) is 51.2 Å². The highest BCUT2D eigenvalue weighted by atomic mass is 32.2. The summed E-state index contributed by atoms with van der Waals surface area (Å²) in [5, 5.41) is 3.12. The summed E-state index contributed by atoms with van der Waals surface area (Å²) in [5.74, 6) is 0. The molecule has 0 aliphatic carbocycles. The van der Waals surface area contributed by atoms with Gasteiger partial charge in [-0.25, -0.2) is 22.9 Å². The molecule has 10 heteroatoms. The van der Waals surface area contributed by atoms with Crippen LogP contribution in [0.25, 0.3) is 21.0 Å². The number of nitrogens with two attached hydrogens (primary N) is 1. The quantitative estimate of drug-likeness (QED) is 0.415. The van der Waals surface area contributed by atoms with Gasteiger partial charge >= 0.3 is 6.09 Å². The van der Waals surface area contributed by atoms with Crippen LogP contribution in [0.1, 0.15) is 34.6 Å². The van der Waals surface area contributed by atoms with E-state index >= 15 is 0 Å². The van der Waals surface area contributed by atoms with Crippen molar-refractivity contribution >= 4 is 38.8 Å². The number of anilines is 2. The molecular weight excluding hydrogens is 460 g/mol. The van der Waals surface area contributed by atoms with Gasteiger partial charge in [0.15, 0.2) is 0 Å². The Bertz CT molecular complexity index is 1240. The zero-order chi connectivity index (χ0) is 24.4. The van der Waals surface area contributed by atoms with E-state index in [1.54, 1.807) is 65.1 Å². The molecule has 1 amide bonds. The van der Waals surface area contributed by atoms with Crippen molar-refractivity contribution in [2.24, 2.45) is 0 Å². The first-order valence-corrected chi connectivity index (χ1v) is 12.6. The summed E-state index contributed by atoms with van der Waals surface area (Å²) >= 11 is 1.37. The monoisotopic (exact) mass is 488 g/mol. The highest BCUT2D eigenvalue weighted by molar-refractivity contribution is 7.89. The van der Waals surface area contributed by atoms with Crippen LogP contribution in [0.15, 0.2) is 53.6 Å². The van der Waals surface area contributed by atoms with Crippen molar-refractivity contribution in [3.8, 4) is 21.0 Å². The molecule has 33 heavy (non-hydrogen) atoms. The van der Waals surface area contributed by atoms with Gasteiger partial charge < -0.3 is 10.5 Å². The van der Waals surface area contributed by atoms with Gasteiger partial charge in [-0.2, -0.15) is 0 Å². The molecule has 0 spiro atoms. The second-order valence-electron chi connectivity index (χ2n) is 8.80. The standard InChI is InChI=1S/C23H28N4O4S2/c1-14(2)31-22(28)26-17-10-11-18(20(12-17)33(29,30)27-23(3,4)5)21-25-13-19(32-21)15-6-8-16(24)9-7-15/h6-14,27H,24H2,1-5H3,(H,26,28). The number of ether oxygens (including phenoxy) is 1. The summed E-state index contributed by atoms with van der Waals surface area (Å²) < 4.78 is 34.3. The average Bonchev–Trinajstić information content (AvgIpc) is 3.16. The third-order valence-corrected chi connectivity index (χ3v) is 7.11. The smallest absolute Gasteiger partial charge is 0.411 e. The molecule has 0 unspecified atom stereocenters. The van der Waals surface area contributed by atoms with Crippen LogP contribution in [0.2, 0.25) is 0 Å². The summed E-state index contributed by atoms with van der Waals surface area (Å²) in [6, 6.07) is 12.0. The van der Waals surface area contributed by atoms with Gasteiger partial charge in [-0.05, 0) is 70.5 Å². The maximum absolute atomic E-state index is 13.3. The number of benzene rings is 2. The van der Waals surface area contributed by atoms with E-state index in [2.05, 4.69) is 15.0 Å². The number of nitrogens with one attached hydrogen (secondary N) is 2. The Balaban J connectivity index is 2.05. The topological polar surface area (TPSA) is 123 Å². The molecule has 0 saturated carbocycles. The largest absolute Gasteiger partial charge is 0.447 e. The molecule has 3 rings (SSSR count). The SMILES string of the molecule is CC(C)OC(=O)Nc1ccc(-c2ncc(-c3ccc(N)cc3)s2)c(S(=O)(=O)NC(C)(C)C)c1. The van der Waals surface area contributed by atoms with Crippen molar-refractivity contribution in [3.63, 3.8) is 0 Å². The van der Waals surface area contributed by atoms with Gasteiger partial charge in [0, 0.05) is 28.7 Å². The molecule has 0 atom stereocenters. The summed E-state index contributed by atoms with van der Waals surface area (Å²) in [4.78, 5) is 17.4. The molecule has 0 radical (unpaired) electrons. The van der Waals surface area contributed by atoms with Crippen LogP contribution >= 0.6 is 11.3 Å². The van der Waals surface area contributed by atoms with Crippen LogP contribution in [0.3, 0.4) is 0 Å². The van der Waals surface area contributed by atoms with E-state index in [1.165, 1.54) is 17.4 Å². The first-order valence-electron chi connectivity index (χ1n) is 10.3. The molecule has 1 aromatic heterocycles. The van der Waals surface area contributed by atoms with Gasteiger partial charge in [-0.3, -0.25) is 5.32 Å². The van der Waals surface area contributed by atoms with Crippen LogP contribution < -0.4 is 15.8 Å². The third kappa shape index (κ3) is 6.53. The zero-order valence-electron chi connectivity index (χ0n) is 19.2. The van der Waals surface area contributed by atoms with E-state index in [1.807, 2.05) is 12.1 Å². The highest BCUT2D eigenvalue weighted by Crippen LogP contribution is 2.36. The minimum absolute atomic E-state index is 0.0120. The van der Waals surface area contributed by atoms with Crippen molar-refractivity contribution in [1.82, 2.24) is 9.71 Å². The lowest BCUT2D eigenvalue weighted by molar-refractivity contribution is 0.130. The molecule has 0 bridgehead atoms. The number of amides is 1. The van der Waals surface area contributed by atoms with E-state index in [0.717, 1.165) is 10.4 Å². The number of carbonyl (C=O) groups excluding carboxylic acids is 1. The number of hydrogen-bond donors (Lipinski definition) is 3. The number of hydrogen-bond acceptors (Lipinski definition) is 7. The minimum Gasteiger partial charge on any atom is -0.447 e. The zero-order valence-corrected chi connectivity index (χ0v) is 20.8. The predicted molar refractivity (Wildman–Crippen MR) is 133 cm³/mol. The van der Waals surface area contributed by atoms with E-state index in [-0.39, 0.29) is 11.0 Å². The Hall–Kier alpha value is -2.95. The van der Waals surface area contributed by atoms with Crippen LogP contribution in [0, 0.1) is 0 Å². The number of carbonyl (C=O) groups is 1. The first-order chi connectivity index (χ1) is 15.3. The average molecular weight is 489 g/mol. The molecule has 1 heterocycles. The van der Waals surface area contributed by atoms with Crippen LogP contribution in [-0.2, 0) is 14.8 Å². The van der Waals surface area contributed by atoms with Crippen LogP contribution in [-0.4, -0.2) is 31.1 Å². The van der Waals surface area contributed by atoms with Gasteiger partial charge in [-0.1, -0.05) is 12.1 Å². The fourth-order valence-electron chi connectivity index (χ4n) is 3.00. The van der Waals surface area contributed by atoms with Gasteiger partial charge in [0.25, 0.3) is 0 Å². The Labute approximate surface area is 198 Å². The molecule has 0 aliphatic heterocycles. The molecule has 3 aromatic rings. The van der Waals surface area contributed by atoms with Gasteiger partial charge in [-0.15, -0.1) is 11.3 Å². The number of thiazole rings is 1. The lowest BCUT2D eigenvalue weighted by Crippen LogP contribution is -2.40. The Morgan fingerprint density at radius 3 is 2.39 bits per heavy atom.